The smallest absolute Gasteiger partial charge is 0.254 e. The molecule has 4 rings (SSSR count). The van der Waals surface area contributed by atoms with Gasteiger partial charge in [0.2, 0.25) is 5.91 Å². The molecule has 0 bridgehead atoms. The molecule has 2 amide bonds. The topological polar surface area (TPSA) is 106 Å². The number of rotatable bonds is 3. The van der Waals surface area contributed by atoms with E-state index in [2.05, 4.69) is 15.8 Å². The Kier molecular flexibility index (Phi) is 6.87. The predicted octanol–water partition coefficient (Wildman–Crippen LogP) is 1.69. The van der Waals surface area contributed by atoms with Gasteiger partial charge in [-0.15, -0.1) is 0 Å². The molecule has 170 valence electrons. The fourth-order valence-electron chi connectivity index (χ4n) is 3.94. The predicted molar refractivity (Wildman–Crippen MR) is 117 cm³/mol. The van der Waals surface area contributed by atoms with Crippen molar-refractivity contribution in [2.45, 2.75) is 25.4 Å². The number of hydrogen-bond donors (Lipinski definition) is 2. The second-order valence-electron chi connectivity index (χ2n) is 8.02. The first-order valence-electron chi connectivity index (χ1n) is 10.8. The first-order chi connectivity index (χ1) is 15.5. The molecule has 2 aliphatic heterocycles. The highest BCUT2D eigenvalue weighted by atomic mass is 16.5. The summed E-state index contributed by atoms with van der Waals surface area (Å²) in [6.07, 6.45) is 5.13. The standard InChI is InChI=1S/C23H28N4O5/c1-17-14-20(26-32-17)25-21(28)15-27-11-13-31-23(16-27)9-5-4-7-18-6-2-3-8-19(18)30-12-10-24-22(23)29/h2-6,8,14H,7,9-13,15-16H2,1H3,(H,24,29)(H,25,26,28)/b5-4+. The van der Waals surface area contributed by atoms with Crippen LogP contribution in [0, 0.1) is 6.92 Å². The number of anilines is 1. The highest BCUT2D eigenvalue weighted by Gasteiger charge is 2.43. The van der Waals surface area contributed by atoms with E-state index in [-0.39, 0.29) is 18.4 Å². The van der Waals surface area contributed by atoms with Crippen LogP contribution in [-0.2, 0) is 20.7 Å². The van der Waals surface area contributed by atoms with Crippen LogP contribution in [0.5, 0.6) is 5.75 Å². The Labute approximate surface area is 186 Å². The summed E-state index contributed by atoms with van der Waals surface area (Å²) in [4.78, 5) is 27.5. The number of para-hydroxylation sites is 1. The van der Waals surface area contributed by atoms with Gasteiger partial charge in [-0.1, -0.05) is 35.5 Å². The third kappa shape index (κ3) is 5.35. The number of hydrogen-bond acceptors (Lipinski definition) is 7. The first kappa shape index (κ1) is 22.0. The molecule has 3 heterocycles. The fourth-order valence-corrected chi connectivity index (χ4v) is 3.94. The monoisotopic (exact) mass is 440 g/mol. The summed E-state index contributed by atoms with van der Waals surface area (Å²) in [5, 5.41) is 9.44. The summed E-state index contributed by atoms with van der Waals surface area (Å²) in [5.74, 6) is 1.41. The van der Waals surface area contributed by atoms with Gasteiger partial charge in [0.05, 0.1) is 19.7 Å². The number of allylic oxidation sites excluding steroid dienone is 1. The van der Waals surface area contributed by atoms with Crippen molar-refractivity contribution in [2.24, 2.45) is 0 Å². The van der Waals surface area contributed by atoms with Gasteiger partial charge in [-0.3, -0.25) is 14.5 Å². The zero-order valence-electron chi connectivity index (χ0n) is 18.1. The maximum Gasteiger partial charge on any atom is 0.254 e. The van der Waals surface area contributed by atoms with Gasteiger partial charge in [0.15, 0.2) is 11.4 Å². The first-order valence-corrected chi connectivity index (χ1v) is 10.8. The summed E-state index contributed by atoms with van der Waals surface area (Å²) in [6, 6.07) is 9.55. The van der Waals surface area contributed by atoms with E-state index in [0.29, 0.717) is 57.3 Å². The highest BCUT2D eigenvalue weighted by molar-refractivity contribution is 5.91. The van der Waals surface area contributed by atoms with Gasteiger partial charge >= 0.3 is 0 Å². The van der Waals surface area contributed by atoms with Gasteiger partial charge in [0.25, 0.3) is 5.91 Å². The van der Waals surface area contributed by atoms with E-state index < -0.39 is 5.60 Å². The van der Waals surface area contributed by atoms with E-state index in [0.717, 1.165) is 11.3 Å². The molecule has 1 fully saturated rings. The van der Waals surface area contributed by atoms with Crippen LogP contribution in [0.2, 0.25) is 0 Å². The van der Waals surface area contributed by atoms with Gasteiger partial charge < -0.3 is 24.6 Å². The lowest BCUT2D eigenvalue weighted by Crippen LogP contribution is -2.60. The van der Waals surface area contributed by atoms with E-state index in [9.17, 15) is 9.59 Å². The number of nitrogens with zero attached hydrogens (tertiary/aromatic N) is 2. The zero-order chi connectivity index (χ0) is 22.4. The minimum atomic E-state index is -1.06. The Morgan fingerprint density at radius 1 is 1.28 bits per heavy atom. The Balaban J connectivity index is 1.43. The molecule has 2 aromatic rings. The average molecular weight is 441 g/mol. The number of aromatic nitrogens is 1. The maximum absolute atomic E-state index is 13.1. The molecule has 0 aliphatic carbocycles. The molecule has 1 unspecified atom stereocenters. The van der Waals surface area contributed by atoms with Crippen molar-refractivity contribution in [1.29, 1.82) is 0 Å². The molecule has 0 saturated carbocycles. The third-order valence-electron chi connectivity index (χ3n) is 5.51. The lowest BCUT2D eigenvalue weighted by molar-refractivity contribution is -0.160. The van der Waals surface area contributed by atoms with Crippen LogP contribution < -0.4 is 15.4 Å². The number of amides is 2. The molecule has 1 aromatic heterocycles. The molecule has 2 N–H and O–H groups in total. The molecular weight excluding hydrogens is 412 g/mol. The summed E-state index contributed by atoms with van der Waals surface area (Å²) in [6.45, 7) is 3.85. The quantitative estimate of drug-likeness (QED) is 0.700. The minimum absolute atomic E-state index is 0.129. The van der Waals surface area contributed by atoms with Crippen molar-refractivity contribution in [3.63, 3.8) is 0 Å². The largest absolute Gasteiger partial charge is 0.491 e. The van der Waals surface area contributed by atoms with Crippen molar-refractivity contribution in [3.8, 4) is 5.75 Å². The second-order valence-corrected chi connectivity index (χ2v) is 8.02. The number of morpholine rings is 1. The molecule has 1 saturated heterocycles. The SMILES string of the molecule is Cc1cc(NC(=O)CN2CCOC3(C/C=C/Cc4ccccc4OCCNC3=O)C2)no1. The van der Waals surface area contributed by atoms with Crippen molar-refractivity contribution in [2.75, 3.05) is 44.7 Å². The molecule has 0 radical (unpaired) electrons. The highest BCUT2D eigenvalue weighted by Crippen LogP contribution is 2.25. The lowest BCUT2D eigenvalue weighted by atomic mass is 9.94. The molecule has 1 aromatic carbocycles. The van der Waals surface area contributed by atoms with Crippen molar-refractivity contribution < 1.29 is 23.6 Å². The number of carbonyl (C=O) groups is 2. The summed E-state index contributed by atoms with van der Waals surface area (Å²) >= 11 is 0. The van der Waals surface area contributed by atoms with Gasteiger partial charge in [-0.2, -0.15) is 0 Å². The Hall–Kier alpha value is -3.17. The van der Waals surface area contributed by atoms with Gasteiger partial charge in [0, 0.05) is 25.6 Å². The Morgan fingerprint density at radius 3 is 3.00 bits per heavy atom. The molecule has 1 atom stereocenters. The fraction of sp³-hybridized carbons (Fsp3) is 0.435. The maximum atomic E-state index is 13.1. The second kappa shape index (κ2) is 9.97. The van der Waals surface area contributed by atoms with E-state index in [4.69, 9.17) is 14.0 Å². The van der Waals surface area contributed by atoms with E-state index >= 15 is 0 Å². The van der Waals surface area contributed by atoms with Gasteiger partial charge in [-0.25, -0.2) is 0 Å². The van der Waals surface area contributed by atoms with Crippen LogP contribution in [0.4, 0.5) is 5.82 Å². The summed E-state index contributed by atoms with van der Waals surface area (Å²) in [5.41, 5.74) is 0.0359. The van der Waals surface area contributed by atoms with E-state index in [1.807, 2.05) is 41.3 Å². The average Bonchev–Trinajstić information content (AvgIpc) is 3.18. The van der Waals surface area contributed by atoms with Crippen LogP contribution >= 0.6 is 0 Å². The van der Waals surface area contributed by atoms with Crippen molar-refractivity contribution >= 4 is 17.6 Å². The number of benzene rings is 1. The van der Waals surface area contributed by atoms with Gasteiger partial charge in [0.1, 0.15) is 18.1 Å². The van der Waals surface area contributed by atoms with Crippen molar-refractivity contribution in [3.05, 3.63) is 53.8 Å². The zero-order valence-corrected chi connectivity index (χ0v) is 18.1. The number of ether oxygens (including phenoxy) is 2. The number of carbonyl (C=O) groups excluding carboxylic acids is 2. The lowest BCUT2D eigenvalue weighted by Gasteiger charge is -2.41. The molecule has 32 heavy (non-hydrogen) atoms. The van der Waals surface area contributed by atoms with Crippen LogP contribution in [0.25, 0.3) is 0 Å². The van der Waals surface area contributed by atoms with Crippen LogP contribution in [0.1, 0.15) is 17.7 Å². The molecule has 9 heteroatoms. The Bertz CT molecular complexity index is 988. The molecule has 9 nitrogen and oxygen atoms in total. The van der Waals surface area contributed by atoms with Crippen molar-refractivity contribution in [1.82, 2.24) is 15.4 Å². The molecular formula is C23H28N4O5. The van der Waals surface area contributed by atoms with Crippen LogP contribution in [0.3, 0.4) is 0 Å². The summed E-state index contributed by atoms with van der Waals surface area (Å²) < 4.78 is 16.9. The minimum Gasteiger partial charge on any atom is -0.491 e. The van der Waals surface area contributed by atoms with E-state index in [1.165, 1.54) is 0 Å². The molecule has 1 spiro atoms. The Morgan fingerprint density at radius 2 is 2.16 bits per heavy atom. The number of aryl methyl sites for hydroxylation is 1. The van der Waals surface area contributed by atoms with Crippen LogP contribution in [-0.4, -0.2) is 66.9 Å². The van der Waals surface area contributed by atoms with E-state index in [1.54, 1.807) is 13.0 Å². The molecule has 2 aliphatic rings. The normalized spacial score (nSPS) is 23.2. The number of fused-ring (bicyclic) bond motifs is 1. The number of nitrogens with one attached hydrogen (secondary N) is 2. The summed E-state index contributed by atoms with van der Waals surface area (Å²) in [7, 11) is 0. The third-order valence-corrected chi connectivity index (χ3v) is 5.51. The van der Waals surface area contributed by atoms with Crippen LogP contribution in [0.15, 0.2) is 47.0 Å². The van der Waals surface area contributed by atoms with Gasteiger partial charge in [-0.05, 0) is 25.0 Å².